The van der Waals surface area contributed by atoms with Crippen LogP contribution >= 0.6 is 0 Å². The summed E-state index contributed by atoms with van der Waals surface area (Å²) in [5.74, 6) is -0.891. The largest absolute Gasteiger partial charge is 0.465 e. The standard InChI is InChI=1S/C11H20N2O4S/c1-2-17-11(14)7-18(15,16)13-6-8-3-9(12)5-10(13)4-8/h8-10H,2-7,12H2,1H3. The first kappa shape index (κ1) is 13.8. The fourth-order valence-electron chi connectivity index (χ4n) is 3.01. The number of nitrogens with zero attached hydrogens (tertiary/aromatic N) is 1. The molecule has 2 N–H and O–H groups in total. The maximum absolute atomic E-state index is 12.2. The fraction of sp³-hybridized carbons (Fsp3) is 0.909. The molecule has 0 aromatic heterocycles. The predicted octanol–water partition coefficient (Wildman–Crippen LogP) is -0.309. The summed E-state index contributed by atoms with van der Waals surface area (Å²) in [6.07, 6.45) is 2.44. The topological polar surface area (TPSA) is 89.7 Å². The maximum Gasteiger partial charge on any atom is 0.322 e. The molecule has 0 amide bonds. The Hall–Kier alpha value is -0.660. The number of carbonyl (C=O) groups is 1. The second-order valence-corrected chi connectivity index (χ2v) is 7.04. The van der Waals surface area contributed by atoms with Crippen molar-refractivity contribution in [3.05, 3.63) is 0 Å². The zero-order valence-electron chi connectivity index (χ0n) is 10.5. The molecule has 2 bridgehead atoms. The number of ether oxygens (including phenoxy) is 1. The van der Waals surface area contributed by atoms with Crippen LogP contribution in [0.25, 0.3) is 0 Å². The minimum atomic E-state index is -3.56. The zero-order chi connectivity index (χ0) is 13.3. The van der Waals surface area contributed by atoms with Crippen LogP contribution in [0.3, 0.4) is 0 Å². The lowest BCUT2D eigenvalue weighted by Gasteiger charge is -2.26. The van der Waals surface area contributed by atoms with Crippen LogP contribution in [0, 0.1) is 5.92 Å². The van der Waals surface area contributed by atoms with Crippen LogP contribution in [0.5, 0.6) is 0 Å². The molecule has 104 valence electrons. The molecule has 0 spiro atoms. The summed E-state index contributed by atoms with van der Waals surface area (Å²) in [6, 6.07) is 0.0507. The molecule has 1 saturated heterocycles. The van der Waals surface area contributed by atoms with Gasteiger partial charge in [0.2, 0.25) is 10.0 Å². The Morgan fingerprint density at radius 1 is 1.39 bits per heavy atom. The SMILES string of the molecule is CCOC(=O)CS(=O)(=O)N1CC2CC(N)CC1C2. The van der Waals surface area contributed by atoms with Gasteiger partial charge in [-0.25, -0.2) is 8.42 Å². The first-order chi connectivity index (χ1) is 8.42. The van der Waals surface area contributed by atoms with Gasteiger partial charge in [0.1, 0.15) is 0 Å². The van der Waals surface area contributed by atoms with Gasteiger partial charge in [0.25, 0.3) is 0 Å². The van der Waals surface area contributed by atoms with Gasteiger partial charge < -0.3 is 10.5 Å². The van der Waals surface area contributed by atoms with Gasteiger partial charge in [-0.3, -0.25) is 4.79 Å². The molecule has 1 aliphatic carbocycles. The molecule has 18 heavy (non-hydrogen) atoms. The van der Waals surface area contributed by atoms with E-state index in [-0.39, 0.29) is 18.7 Å². The lowest BCUT2D eigenvalue weighted by Crippen LogP contribution is -2.41. The molecule has 0 radical (unpaired) electrons. The number of esters is 1. The van der Waals surface area contributed by atoms with Crippen LogP contribution in [0.1, 0.15) is 26.2 Å². The van der Waals surface area contributed by atoms with E-state index in [4.69, 9.17) is 10.5 Å². The van der Waals surface area contributed by atoms with E-state index < -0.39 is 21.7 Å². The number of rotatable bonds is 4. The molecule has 0 aromatic rings. The summed E-state index contributed by atoms with van der Waals surface area (Å²) in [4.78, 5) is 11.3. The van der Waals surface area contributed by atoms with E-state index in [1.807, 2.05) is 0 Å². The molecule has 6 nitrogen and oxygen atoms in total. The van der Waals surface area contributed by atoms with Crippen molar-refractivity contribution >= 4 is 16.0 Å². The lowest BCUT2D eigenvalue weighted by atomic mass is 9.87. The molecular weight excluding hydrogens is 256 g/mol. The van der Waals surface area contributed by atoms with Crippen molar-refractivity contribution in [1.82, 2.24) is 4.31 Å². The Balaban J connectivity index is 2.05. The first-order valence-electron chi connectivity index (χ1n) is 6.33. The van der Waals surface area contributed by atoms with E-state index in [0.29, 0.717) is 18.9 Å². The van der Waals surface area contributed by atoms with Gasteiger partial charge in [-0.2, -0.15) is 4.31 Å². The van der Waals surface area contributed by atoms with Crippen LogP contribution in [0.4, 0.5) is 0 Å². The summed E-state index contributed by atoms with van der Waals surface area (Å²) in [6.45, 7) is 2.36. The van der Waals surface area contributed by atoms with E-state index in [2.05, 4.69) is 0 Å². The fourth-order valence-corrected chi connectivity index (χ4v) is 4.63. The molecule has 2 aliphatic rings. The number of nitrogens with two attached hydrogens (primary N) is 1. The smallest absolute Gasteiger partial charge is 0.322 e. The highest BCUT2D eigenvalue weighted by atomic mass is 32.2. The maximum atomic E-state index is 12.2. The van der Waals surface area contributed by atoms with Crippen molar-refractivity contribution < 1.29 is 17.9 Å². The van der Waals surface area contributed by atoms with Crippen molar-refractivity contribution in [3.8, 4) is 0 Å². The van der Waals surface area contributed by atoms with Gasteiger partial charge in [-0.15, -0.1) is 0 Å². The summed E-state index contributed by atoms with van der Waals surface area (Å²) in [5, 5.41) is 0. The monoisotopic (exact) mass is 276 g/mol. The van der Waals surface area contributed by atoms with Crippen molar-refractivity contribution in [3.63, 3.8) is 0 Å². The molecule has 1 saturated carbocycles. The summed E-state index contributed by atoms with van der Waals surface area (Å²) >= 11 is 0. The van der Waals surface area contributed by atoms with Crippen LogP contribution < -0.4 is 5.73 Å². The molecule has 3 unspecified atom stereocenters. The summed E-state index contributed by atoms with van der Waals surface area (Å²) in [7, 11) is -3.56. The molecule has 7 heteroatoms. The molecule has 3 atom stereocenters. The van der Waals surface area contributed by atoms with Crippen molar-refractivity contribution in [2.75, 3.05) is 18.9 Å². The summed E-state index contributed by atoms with van der Waals surface area (Å²) < 4.78 is 30.5. The third kappa shape index (κ3) is 2.84. The Bertz CT molecular complexity index is 423. The van der Waals surface area contributed by atoms with Crippen molar-refractivity contribution in [2.45, 2.75) is 38.3 Å². The van der Waals surface area contributed by atoms with Gasteiger partial charge in [0, 0.05) is 18.6 Å². The number of hydrogen-bond acceptors (Lipinski definition) is 5. The van der Waals surface area contributed by atoms with Crippen LogP contribution in [0.2, 0.25) is 0 Å². The number of carbonyl (C=O) groups excluding carboxylic acids is 1. The Morgan fingerprint density at radius 3 is 2.78 bits per heavy atom. The Labute approximate surface area is 108 Å². The third-order valence-corrected chi connectivity index (χ3v) is 5.39. The molecule has 2 fully saturated rings. The number of sulfonamides is 1. The van der Waals surface area contributed by atoms with Crippen LogP contribution in [-0.4, -0.2) is 49.7 Å². The molecule has 0 aromatic carbocycles. The van der Waals surface area contributed by atoms with Crippen LogP contribution in [-0.2, 0) is 19.6 Å². The quantitative estimate of drug-likeness (QED) is 0.711. The molecule has 2 rings (SSSR count). The number of fused-ring (bicyclic) bond motifs is 2. The summed E-state index contributed by atoms with van der Waals surface area (Å²) in [5.41, 5.74) is 5.90. The second-order valence-electron chi connectivity index (χ2n) is 5.12. The zero-order valence-corrected chi connectivity index (χ0v) is 11.4. The molecular formula is C11H20N2O4S. The van der Waals surface area contributed by atoms with Gasteiger partial charge in [0.15, 0.2) is 5.75 Å². The predicted molar refractivity (Wildman–Crippen MR) is 66.2 cm³/mol. The Morgan fingerprint density at radius 2 is 2.11 bits per heavy atom. The lowest BCUT2D eigenvalue weighted by molar-refractivity contribution is -0.140. The van der Waals surface area contributed by atoms with Crippen LogP contribution in [0.15, 0.2) is 0 Å². The first-order valence-corrected chi connectivity index (χ1v) is 7.94. The Kier molecular flexibility index (Phi) is 3.93. The van der Waals surface area contributed by atoms with Gasteiger partial charge in [-0.1, -0.05) is 0 Å². The minimum absolute atomic E-state index is 0.0295. The molecule has 1 aliphatic heterocycles. The highest BCUT2D eigenvalue weighted by Gasteiger charge is 2.44. The average Bonchev–Trinajstić information content (AvgIpc) is 2.54. The minimum Gasteiger partial charge on any atom is -0.465 e. The van der Waals surface area contributed by atoms with Gasteiger partial charge in [0.05, 0.1) is 6.61 Å². The highest BCUT2D eigenvalue weighted by Crippen LogP contribution is 2.36. The van der Waals surface area contributed by atoms with E-state index in [1.165, 1.54) is 4.31 Å². The normalized spacial score (nSPS) is 32.4. The third-order valence-electron chi connectivity index (χ3n) is 3.62. The average molecular weight is 276 g/mol. The van der Waals surface area contributed by atoms with E-state index in [9.17, 15) is 13.2 Å². The van der Waals surface area contributed by atoms with Gasteiger partial charge in [-0.05, 0) is 32.1 Å². The molecule has 1 heterocycles. The van der Waals surface area contributed by atoms with E-state index in [0.717, 1.165) is 12.8 Å². The van der Waals surface area contributed by atoms with Gasteiger partial charge >= 0.3 is 5.97 Å². The number of hydrogen-bond donors (Lipinski definition) is 1. The second kappa shape index (κ2) is 5.14. The van der Waals surface area contributed by atoms with E-state index in [1.54, 1.807) is 6.92 Å². The van der Waals surface area contributed by atoms with E-state index >= 15 is 0 Å². The van der Waals surface area contributed by atoms with Crippen molar-refractivity contribution in [1.29, 1.82) is 0 Å². The van der Waals surface area contributed by atoms with Crippen molar-refractivity contribution in [2.24, 2.45) is 11.7 Å². The highest BCUT2D eigenvalue weighted by molar-refractivity contribution is 7.89.